The molecule has 72 valence electrons. The molecule has 0 aliphatic rings. The van der Waals surface area contributed by atoms with Gasteiger partial charge in [0, 0.05) is 19.8 Å². The topological polar surface area (TPSA) is 3.24 Å². The largest absolute Gasteiger partial charge is 0.378 e. The van der Waals surface area contributed by atoms with Gasteiger partial charge in [-0.1, -0.05) is 19.9 Å². The van der Waals surface area contributed by atoms with E-state index in [1.165, 1.54) is 16.8 Å². The molecule has 1 aromatic rings. The molecule has 0 aromatic heterocycles. The molecule has 0 radical (unpaired) electrons. The monoisotopic (exact) mass is 177 g/mol. The van der Waals surface area contributed by atoms with Crippen LogP contribution in [-0.4, -0.2) is 14.1 Å². The second kappa shape index (κ2) is 4.31. The molecule has 1 aromatic carbocycles. The van der Waals surface area contributed by atoms with Crippen molar-refractivity contribution in [1.82, 2.24) is 0 Å². The Labute approximate surface area is 81.4 Å². The van der Waals surface area contributed by atoms with Crippen molar-refractivity contribution in [3.05, 3.63) is 29.3 Å². The second-order valence-electron chi connectivity index (χ2n) is 3.55. The molecule has 0 aliphatic carbocycles. The lowest BCUT2D eigenvalue weighted by Gasteiger charge is -2.15. The maximum absolute atomic E-state index is 2.29. The van der Waals surface area contributed by atoms with Gasteiger partial charge in [-0.2, -0.15) is 0 Å². The molecule has 0 spiro atoms. The van der Waals surface area contributed by atoms with Crippen molar-refractivity contribution in [3.63, 3.8) is 0 Å². The number of nitrogens with zero attached hydrogens (tertiary/aromatic N) is 1. The Balaban J connectivity index is 3.05. The number of benzene rings is 1. The zero-order chi connectivity index (χ0) is 9.84. The van der Waals surface area contributed by atoms with Crippen LogP contribution in [0.5, 0.6) is 0 Å². The van der Waals surface area contributed by atoms with Gasteiger partial charge in [0.25, 0.3) is 0 Å². The van der Waals surface area contributed by atoms with Crippen LogP contribution in [0.2, 0.25) is 0 Å². The second-order valence-corrected chi connectivity index (χ2v) is 3.55. The summed E-state index contributed by atoms with van der Waals surface area (Å²) in [7, 11) is 4.17. The predicted octanol–water partition coefficient (Wildman–Crippen LogP) is 2.88. The minimum atomic E-state index is 1.13. The molecule has 1 nitrogen and oxygen atoms in total. The van der Waals surface area contributed by atoms with Gasteiger partial charge >= 0.3 is 0 Å². The zero-order valence-electron chi connectivity index (χ0n) is 9.09. The molecule has 0 amide bonds. The summed E-state index contributed by atoms with van der Waals surface area (Å²) in [6.07, 6.45) is 2.27. The molecule has 0 saturated carbocycles. The van der Waals surface area contributed by atoms with E-state index in [2.05, 4.69) is 51.0 Å². The third-order valence-corrected chi connectivity index (χ3v) is 2.47. The molecule has 0 fully saturated rings. The van der Waals surface area contributed by atoms with Gasteiger partial charge < -0.3 is 4.90 Å². The lowest BCUT2D eigenvalue weighted by molar-refractivity contribution is 1.02. The molecular weight excluding hydrogens is 158 g/mol. The van der Waals surface area contributed by atoms with E-state index in [1.807, 2.05) is 0 Å². The Morgan fingerprint density at radius 2 is 1.62 bits per heavy atom. The van der Waals surface area contributed by atoms with E-state index in [-0.39, 0.29) is 0 Å². The molecule has 1 heteroatoms. The normalized spacial score (nSPS) is 10.2. The minimum Gasteiger partial charge on any atom is -0.378 e. The van der Waals surface area contributed by atoms with Crippen molar-refractivity contribution >= 4 is 5.69 Å². The van der Waals surface area contributed by atoms with Gasteiger partial charge in [-0.15, -0.1) is 0 Å². The highest BCUT2D eigenvalue weighted by molar-refractivity contribution is 5.50. The van der Waals surface area contributed by atoms with E-state index in [9.17, 15) is 0 Å². The smallest absolute Gasteiger partial charge is 0.0363 e. The summed E-state index contributed by atoms with van der Waals surface area (Å²) < 4.78 is 0. The first-order valence-electron chi connectivity index (χ1n) is 4.98. The molecule has 0 aliphatic heterocycles. The molecule has 0 heterocycles. The SMILES string of the molecule is CCc1ccc(N(C)C)cc1CC. The van der Waals surface area contributed by atoms with Crippen LogP contribution in [0.25, 0.3) is 0 Å². The van der Waals surface area contributed by atoms with Crippen molar-refractivity contribution in [2.24, 2.45) is 0 Å². The van der Waals surface area contributed by atoms with Crippen LogP contribution in [0.4, 0.5) is 5.69 Å². The van der Waals surface area contributed by atoms with Crippen molar-refractivity contribution in [2.45, 2.75) is 26.7 Å². The number of anilines is 1. The summed E-state index contributed by atoms with van der Waals surface area (Å²) in [6, 6.07) is 6.73. The van der Waals surface area contributed by atoms with Crippen LogP contribution in [0, 0.1) is 0 Å². The fourth-order valence-electron chi connectivity index (χ4n) is 1.56. The summed E-state index contributed by atoms with van der Waals surface area (Å²) in [5.74, 6) is 0. The van der Waals surface area contributed by atoms with Gasteiger partial charge in [-0.25, -0.2) is 0 Å². The Morgan fingerprint density at radius 1 is 1.00 bits per heavy atom. The van der Waals surface area contributed by atoms with Gasteiger partial charge in [0.15, 0.2) is 0 Å². The molecular formula is C12H19N. The molecule has 0 unspecified atom stereocenters. The minimum absolute atomic E-state index is 1.13. The number of hydrogen-bond acceptors (Lipinski definition) is 1. The first-order valence-corrected chi connectivity index (χ1v) is 4.98. The van der Waals surface area contributed by atoms with Crippen LogP contribution in [0.15, 0.2) is 18.2 Å². The van der Waals surface area contributed by atoms with Gasteiger partial charge in [-0.05, 0) is 36.1 Å². The van der Waals surface area contributed by atoms with E-state index in [4.69, 9.17) is 0 Å². The summed E-state index contributed by atoms with van der Waals surface area (Å²) >= 11 is 0. The van der Waals surface area contributed by atoms with E-state index < -0.39 is 0 Å². The van der Waals surface area contributed by atoms with Crippen LogP contribution in [0.1, 0.15) is 25.0 Å². The Morgan fingerprint density at radius 3 is 2.08 bits per heavy atom. The van der Waals surface area contributed by atoms with E-state index in [1.54, 1.807) is 0 Å². The highest BCUT2D eigenvalue weighted by atomic mass is 15.1. The first-order chi connectivity index (χ1) is 6.19. The summed E-state index contributed by atoms with van der Waals surface area (Å²) in [5.41, 5.74) is 4.26. The quantitative estimate of drug-likeness (QED) is 0.686. The third-order valence-electron chi connectivity index (χ3n) is 2.47. The number of rotatable bonds is 3. The maximum Gasteiger partial charge on any atom is 0.0363 e. The van der Waals surface area contributed by atoms with Crippen LogP contribution in [-0.2, 0) is 12.8 Å². The van der Waals surface area contributed by atoms with Crippen molar-refractivity contribution in [3.8, 4) is 0 Å². The number of hydrogen-bond donors (Lipinski definition) is 0. The molecule has 0 atom stereocenters. The lowest BCUT2D eigenvalue weighted by atomic mass is 10.0. The maximum atomic E-state index is 2.29. The van der Waals surface area contributed by atoms with Crippen molar-refractivity contribution < 1.29 is 0 Å². The predicted molar refractivity (Wildman–Crippen MR) is 59.5 cm³/mol. The third kappa shape index (κ3) is 2.24. The van der Waals surface area contributed by atoms with Gasteiger partial charge in [-0.3, -0.25) is 0 Å². The Bertz CT molecular complexity index is 276. The lowest BCUT2D eigenvalue weighted by Crippen LogP contribution is -2.09. The van der Waals surface area contributed by atoms with Crippen LogP contribution in [0.3, 0.4) is 0 Å². The molecule has 0 bridgehead atoms. The van der Waals surface area contributed by atoms with Gasteiger partial charge in [0.05, 0.1) is 0 Å². The molecule has 0 saturated heterocycles. The Hall–Kier alpha value is -0.980. The van der Waals surface area contributed by atoms with E-state index >= 15 is 0 Å². The van der Waals surface area contributed by atoms with Crippen molar-refractivity contribution in [2.75, 3.05) is 19.0 Å². The van der Waals surface area contributed by atoms with Crippen molar-refractivity contribution in [1.29, 1.82) is 0 Å². The van der Waals surface area contributed by atoms with Crippen LogP contribution >= 0.6 is 0 Å². The van der Waals surface area contributed by atoms with E-state index in [0.717, 1.165) is 12.8 Å². The highest BCUT2D eigenvalue weighted by Crippen LogP contribution is 2.18. The van der Waals surface area contributed by atoms with E-state index in [0.29, 0.717) is 0 Å². The fourth-order valence-corrected chi connectivity index (χ4v) is 1.56. The van der Waals surface area contributed by atoms with Gasteiger partial charge in [0.1, 0.15) is 0 Å². The molecule has 13 heavy (non-hydrogen) atoms. The molecule has 1 rings (SSSR count). The van der Waals surface area contributed by atoms with Gasteiger partial charge in [0.2, 0.25) is 0 Å². The summed E-state index contributed by atoms with van der Waals surface area (Å²) in [6.45, 7) is 4.43. The first kappa shape index (κ1) is 10.1. The summed E-state index contributed by atoms with van der Waals surface area (Å²) in [4.78, 5) is 2.15. The average molecular weight is 177 g/mol. The average Bonchev–Trinajstić information content (AvgIpc) is 2.16. The highest BCUT2D eigenvalue weighted by Gasteiger charge is 2.01. The Kier molecular flexibility index (Phi) is 3.35. The fraction of sp³-hybridized carbons (Fsp3) is 0.500. The van der Waals surface area contributed by atoms with Crippen LogP contribution < -0.4 is 4.90 Å². The summed E-state index contributed by atoms with van der Waals surface area (Å²) in [5, 5.41) is 0. The zero-order valence-corrected chi connectivity index (χ0v) is 9.09. The molecule has 0 N–H and O–H groups in total. The standard InChI is InChI=1S/C12H19N/c1-5-10-7-8-12(13(3)4)9-11(10)6-2/h7-9H,5-6H2,1-4H3. The number of aryl methyl sites for hydroxylation is 2.